The molecular formula is C23H26ClN5O2. The highest BCUT2D eigenvalue weighted by molar-refractivity contribution is 6.33. The second kappa shape index (κ2) is 9.08. The molecule has 3 heterocycles. The van der Waals surface area contributed by atoms with E-state index in [1.165, 1.54) is 12.6 Å². The standard InChI is InChI=1S/C23H26ClN5O2/c1-15-12-26-22(29(15)3)19-11-17(7-8-20(19)24)27-23(30)16-6-9-21(25-13-16)31-14-18-5-4-10-28(18)2/h6-9,11-13,18H,4-5,10,14H2,1-3H3,(H,27,30)/t18-/m1/s1. The van der Waals surface area contributed by atoms with E-state index in [4.69, 9.17) is 16.3 Å². The Balaban J connectivity index is 1.42. The summed E-state index contributed by atoms with van der Waals surface area (Å²) in [4.78, 5) is 23.7. The van der Waals surface area contributed by atoms with Gasteiger partial charge in [-0.25, -0.2) is 9.97 Å². The van der Waals surface area contributed by atoms with Crippen LogP contribution in [-0.4, -0.2) is 51.6 Å². The number of amides is 1. The molecule has 1 saturated heterocycles. The molecule has 0 spiro atoms. The van der Waals surface area contributed by atoms with Crippen LogP contribution < -0.4 is 10.1 Å². The van der Waals surface area contributed by atoms with Gasteiger partial charge in [-0.15, -0.1) is 0 Å². The van der Waals surface area contributed by atoms with Gasteiger partial charge in [0.1, 0.15) is 12.4 Å². The van der Waals surface area contributed by atoms with Gasteiger partial charge in [-0.3, -0.25) is 4.79 Å². The second-order valence-electron chi connectivity index (χ2n) is 7.90. The maximum Gasteiger partial charge on any atom is 0.257 e. The van der Waals surface area contributed by atoms with Crippen LogP contribution in [0, 0.1) is 6.92 Å². The minimum atomic E-state index is -0.251. The van der Waals surface area contributed by atoms with Crippen molar-refractivity contribution in [1.82, 2.24) is 19.4 Å². The molecule has 2 aromatic heterocycles. The summed E-state index contributed by atoms with van der Waals surface area (Å²) in [7, 11) is 4.04. The molecule has 162 valence electrons. The Hall–Kier alpha value is -2.90. The van der Waals surface area contributed by atoms with E-state index in [0.717, 1.165) is 30.0 Å². The fourth-order valence-electron chi connectivity index (χ4n) is 3.69. The smallest absolute Gasteiger partial charge is 0.257 e. The van der Waals surface area contributed by atoms with Crippen molar-refractivity contribution in [2.45, 2.75) is 25.8 Å². The Bertz CT molecular complexity index is 1080. The minimum Gasteiger partial charge on any atom is -0.476 e. The minimum absolute atomic E-state index is 0.251. The molecule has 1 atom stereocenters. The van der Waals surface area contributed by atoms with Crippen LogP contribution in [0.25, 0.3) is 11.4 Å². The maximum atomic E-state index is 12.7. The van der Waals surface area contributed by atoms with Crippen LogP contribution in [0.1, 0.15) is 28.9 Å². The number of carbonyl (C=O) groups is 1. The molecular weight excluding hydrogens is 414 g/mol. The van der Waals surface area contributed by atoms with E-state index in [1.54, 1.807) is 30.5 Å². The predicted octanol–water partition coefficient (Wildman–Crippen LogP) is 4.17. The lowest BCUT2D eigenvalue weighted by Crippen LogP contribution is -2.30. The Morgan fingerprint density at radius 1 is 1.23 bits per heavy atom. The third-order valence-corrected chi connectivity index (χ3v) is 6.11. The van der Waals surface area contributed by atoms with Gasteiger partial charge in [0.2, 0.25) is 5.88 Å². The van der Waals surface area contributed by atoms with Crippen molar-refractivity contribution < 1.29 is 9.53 Å². The van der Waals surface area contributed by atoms with Gasteiger partial charge in [0.15, 0.2) is 0 Å². The molecule has 1 fully saturated rings. The number of benzene rings is 1. The van der Waals surface area contributed by atoms with Crippen molar-refractivity contribution in [3.8, 4) is 17.3 Å². The van der Waals surface area contributed by atoms with Gasteiger partial charge in [-0.05, 0) is 57.6 Å². The van der Waals surface area contributed by atoms with Gasteiger partial charge in [-0.1, -0.05) is 11.6 Å². The lowest BCUT2D eigenvalue weighted by atomic mass is 10.1. The summed E-state index contributed by atoms with van der Waals surface area (Å²) in [5.74, 6) is 1.02. The maximum absolute atomic E-state index is 12.7. The van der Waals surface area contributed by atoms with Crippen LogP contribution in [0.2, 0.25) is 5.02 Å². The molecule has 1 aliphatic heterocycles. The normalized spacial score (nSPS) is 16.5. The fraction of sp³-hybridized carbons (Fsp3) is 0.348. The summed E-state index contributed by atoms with van der Waals surface area (Å²) in [5.41, 5.74) is 2.87. The van der Waals surface area contributed by atoms with Crippen molar-refractivity contribution in [1.29, 1.82) is 0 Å². The summed E-state index contributed by atoms with van der Waals surface area (Å²) in [5, 5.41) is 3.47. The van der Waals surface area contributed by atoms with Gasteiger partial charge in [0.05, 0.1) is 10.6 Å². The number of rotatable bonds is 6. The van der Waals surface area contributed by atoms with E-state index in [2.05, 4.69) is 27.2 Å². The average molecular weight is 440 g/mol. The van der Waals surface area contributed by atoms with Gasteiger partial charge < -0.3 is 19.5 Å². The van der Waals surface area contributed by atoms with Crippen molar-refractivity contribution >= 4 is 23.2 Å². The number of likely N-dealkylation sites (tertiary alicyclic amines) is 1. The third-order valence-electron chi connectivity index (χ3n) is 5.78. The fourth-order valence-corrected chi connectivity index (χ4v) is 3.90. The molecule has 0 saturated carbocycles. The molecule has 1 aromatic carbocycles. The number of halogens is 1. The monoisotopic (exact) mass is 439 g/mol. The van der Waals surface area contributed by atoms with Gasteiger partial charge in [-0.2, -0.15) is 0 Å². The van der Waals surface area contributed by atoms with Crippen LogP contribution in [0.4, 0.5) is 5.69 Å². The third kappa shape index (κ3) is 4.73. The Kier molecular flexibility index (Phi) is 6.25. The summed E-state index contributed by atoms with van der Waals surface area (Å²) in [6.45, 7) is 3.68. The quantitative estimate of drug-likeness (QED) is 0.624. The highest BCUT2D eigenvalue weighted by atomic mass is 35.5. The number of nitrogens with one attached hydrogen (secondary N) is 1. The zero-order valence-electron chi connectivity index (χ0n) is 17.9. The molecule has 3 aromatic rings. The SMILES string of the molecule is Cc1cnc(-c2cc(NC(=O)c3ccc(OC[C@H]4CCCN4C)nc3)ccc2Cl)n1C. The molecule has 0 unspecified atom stereocenters. The molecule has 1 aliphatic rings. The van der Waals surface area contributed by atoms with E-state index in [0.29, 0.717) is 34.8 Å². The Morgan fingerprint density at radius 3 is 2.71 bits per heavy atom. The van der Waals surface area contributed by atoms with E-state index < -0.39 is 0 Å². The highest BCUT2D eigenvalue weighted by Crippen LogP contribution is 2.30. The first-order valence-electron chi connectivity index (χ1n) is 10.3. The van der Waals surface area contributed by atoms with Gasteiger partial charge >= 0.3 is 0 Å². The Morgan fingerprint density at radius 2 is 2.06 bits per heavy atom. The van der Waals surface area contributed by atoms with Crippen LogP contribution in [-0.2, 0) is 7.05 Å². The van der Waals surface area contributed by atoms with E-state index in [1.807, 2.05) is 24.6 Å². The molecule has 0 bridgehead atoms. The predicted molar refractivity (Wildman–Crippen MR) is 122 cm³/mol. The largest absolute Gasteiger partial charge is 0.476 e. The van der Waals surface area contributed by atoms with Crippen LogP contribution in [0.15, 0.2) is 42.7 Å². The van der Waals surface area contributed by atoms with Crippen molar-refractivity contribution in [2.24, 2.45) is 7.05 Å². The summed E-state index contributed by atoms with van der Waals surface area (Å²) in [6.07, 6.45) is 5.65. The summed E-state index contributed by atoms with van der Waals surface area (Å²) in [6, 6.07) is 9.22. The zero-order valence-corrected chi connectivity index (χ0v) is 18.7. The van der Waals surface area contributed by atoms with E-state index in [9.17, 15) is 4.79 Å². The number of ether oxygens (including phenoxy) is 1. The van der Waals surface area contributed by atoms with E-state index in [-0.39, 0.29) is 5.91 Å². The number of carbonyl (C=O) groups excluding carboxylic acids is 1. The first kappa shape index (κ1) is 21.3. The number of likely N-dealkylation sites (N-methyl/N-ethyl adjacent to an activating group) is 1. The number of hydrogen-bond acceptors (Lipinski definition) is 5. The molecule has 0 radical (unpaired) electrons. The van der Waals surface area contributed by atoms with Crippen molar-refractivity contribution in [3.05, 3.63) is 59.0 Å². The molecule has 1 N–H and O–H groups in total. The van der Waals surface area contributed by atoms with Gasteiger partial charge in [0.25, 0.3) is 5.91 Å². The van der Waals surface area contributed by atoms with Gasteiger partial charge in [0, 0.05) is 48.5 Å². The number of aromatic nitrogens is 3. The lowest BCUT2D eigenvalue weighted by Gasteiger charge is -2.19. The molecule has 8 heteroatoms. The molecule has 31 heavy (non-hydrogen) atoms. The second-order valence-corrected chi connectivity index (χ2v) is 8.31. The zero-order chi connectivity index (χ0) is 22.0. The average Bonchev–Trinajstić information content (AvgIpc) is 3.33. The van der Waals surface area contributed by atoms with Crippen LogP contribution >= 0.6 is 11.6 Å². The number of anilines is 1. The van der Waals surface area contributed by atoms with Crippen LogP contribution in [0.5, 0.6) is 5.88 Å². The molecule has 7 nitrogen and oxygen atoms in total. The van der Waals surface area contributed by atoms with Crippen LogP contribution in [0.3, 0.4) is 0 Å². The highest BCUT2D eigenvalue weighted by Gasteiger charge is 2.21. The number of hydrogen-bond donors (Lipinski definition) is 1. The molecule has 0 aliphatic carbocycles. The lowest BCUT2D eigenvalue weighted by molar-refractivity contribution is 0.102. The first-order valence-corrected chi connectivity index (χ1v) is 10.7. The Labute approximate surface area is 187 Å². The molecule has 1 amide bonds. The topological polar surface area (TPSA) is 72.3 Å². The van der Waals surface area contributed by atoms with Crippen molar-refractivity contribution in [2.75, 3.05) is 25.5 Å². The summed E-state index contributed by atoms with van der Waals surface area (Å²) >= 11 is 6.38. The van der Waals surface area contributed by atoms with Crippen molar-refractivity contribution in [3.63, 3.8) is 0 Å². The number of pyridine rings is 1. The summed E-state index contributed by atoms with van der Waals surface area (Å²) < 4.78 is 7.75. The number of imidazole rings is 1. The molecule has 4 rings (SSSR count). The number of nitrogens with zero attached hydrogens (tertiary/aromatic N) is 4. The first-order chi connectivity index (χ1) is 14.9. The number of aryl methyl sites for hydroxylation is 1. The van der Waals surface area contributed by atoms with E-state index >= 15 is 0 Å².